The van der Waals surface area contributed by atoms with Crippen LogP contribution in [0.2, 0.25) is 0 Å². The number of fused-ring (bicyclic) bond motifs is 9. The number of nitrogens with one attached hydrogen (secondary N) is 1. The Balaban J connectivity index is 1.31. The predicted molar refractivity (Wildman–Crippen MR) is 172 cm³/mol. The summed E-state index contributed by atoms with van der Waals surface area (Å²) in [7, 11) is 0. The van der Waals surface area contributed by atoms with Crippen molar-refractivity contribution >= 4 is 84.8 Å². The van der Waals surface area contributed by atoms with Gasteiger partial charge in [0.15, 0.2) is 0 Å². The van der Waals surface area contributed by atoms with Crippen molar-refractivity contribution in [3.05, 3.63) is 121 Å². The number of hydrogen-bond donors (Lipinski definition) is 1. The number of hydrogen-bond acceptors (Lipinski definition) is 2. The fourth-order valence-corrected chi connectivity index (χ4v) is 8.83. The van der Waals surface area contributed by atoms with Crippen molar-refractivity contribution in [1.29, 1.82) is 0 Å². The number of para-hydroxylation sites is 1. The van der Waals surface area contributed by atoms with Crippen LogP contribution in [0, 0.1) is 0 Å². The summed E-state index contributed by atoms with van der Waals surface area (Å²) in [5.74, 6) is 0. The van der Waals surface area contributed by atoms with Crippen LogP contribution in [0.4, 0.5) is 0 Å². The predicted octanol–water partition coefficient (Wildman–Crippen LogP) is 11.4. The second-order valence-electron chi connectivity index (χ2n) is 10.2. The van der Waals surface area contributed by atoms with Crippen molar-refractivity contribution in [3.63, 3.8) is 0 Å². The van der Waals surface area contributed by atoms with Gasteiger partial charge in [-0.05, 0) is 35.4 Å². The van der Waals surface area contributed by atoms with E-state index in [0.29, 0.717) is 0 Å². The topological polar surface area (TPSA) is 15.8 Å². The van der Waals surface area contributed by atoms with Crippen molar-refractivity contribution in [1.82, 2.24) is 4.98 Å². The number of aromatic amines is 1. The van der Waals surface area contributed by atoms with Crippen molar-refractivity contribution < 1.29 is 0 Å². The first-order chi connectivity index (χ1) is 19.3. The molecule has 1 nitrogen and oxygen atoms in total. The third kappa shape index (κ3) is 3.06. The highest BCUT2D eigenvalue weighted by Gasteiger charge is 2.17. The fourth-order valence-electron chi connectivity index (χ4n) is 6.23. The molecule has 0 atom stereocenters. The second-order valence-corrected chi connectivity index (χ2v) is 12.3. The van der Waals surface area contributed by atoms with Gasteiger partial charge in [0, 0.05) is 73.3 Å². The molecule has 0 amide bonds. The first-order valence-electron chi connectivity index (χ1n) is 13.2. The van der Waals surface area contributed by atoms with Gasteiger partial charge in [0.2, 0.25) is 0 Å². The van der Waals surface area contributed by atoms with Crippen LogP contribution in [0.3, 0.4) is 0 Å². The highest BCUT2D eigenvalue weighted by molar-refractivity contribution is 7.27. The molecule has 0 aliphatic rings. The van der Waals surface area contributed by atoms with E-state index in [-0.39, 0.29) is 0 Å². The molecule has 0 saturated heterocycles. The van der Waals surface area contributed by atoms with Crippen molar-refractivity contribution in [3.8, 4) is 22.3 Å². The van der Waals surface area contributed by atoms with Gasteiger partial charge in [-0.3, -0.25) is 0 Å². The maximum Gasteiger partial charge on any atom is 0.0465 e. The molecule has 0 aliphatic heterocycles. The van der Waals surface area contributed by atoms with Crippen molar-refractivity contribution in [2.45, 2.75) is 0 Å². The molecule has 39 heavy (non-hydrogen) atoms. The maximum atomic E-state index is 3.57. The van der Waals surface area contributed by atoms with Gasteiger partial charge in [0.1, 0.15) is 0 Å². The molecule has 3 heterocycles. The van der Waals surface area contributed by atoms with Gasteiger partial charge in [-0.2, -0.15) is 0 Å². The molecule has 6 aromatic carbocycles. The molecule has 0 bridgehead atoms. The Morgan fingerprint density at radius 3 is 1.74 bits per heavy atom. The van der Waals surface area contributed by atoms with Gasteiger partial charge in [-0.1, -0.05) is 97.1 Å². The third-order valence-corrected chi connectivity index (χ3v) is 10.5. The minimum Gasteiger partial charge on any atom is -0.355 e. The molecular weight excluding hydrogens is 511 g/mol. The Labute approximate surface area is 232 Å². The molecule has 0 saturated carbocycles. The Hall–Kier alpha value is -4.44. The molecule has 3 heteroatoms. The van der Waals surface area contributed by atoms with Gasteiger partial charge in [-0.25, -0.2) is 0 Å². The first kappa shape index (κ1) is 21.5. The SMILES string of the molecule is c1ccc2c(c1)[nH]c1ccc(-c3cccc4c3sc3c(-c5cccc6c5sc5ccccc56)cccc34)cc12. The minimum atomic E-state index is 1.18. The maximum absolute atomic E-state index is 3.57. The Morgan fingerprint density at radius 1 is 0.385 bits per heavy atom. The van der Waals surface area contributed by atoms with Crippen molar-refractivity contribution in [2.24, 2.45) is 0 Å². The lowest BCUT2D eigenvalue weighted by atomic mass is 9.98. The van der Waals surface area contributed by atoms with E-state index in [4.69, 9.17) is 0 Å². The molecule has 3 aromatic heterocycles. The number of H-pyrrole nitrogens is 1. The van der Waals surface area contributed by atoms with Crippen LogP contribution >= 0.6 is 22.7 Å². The van der Waals surface area contributed by atoms with E-state index in [1.807, 2.05) is 22.7 Å². The summed E-state index contributed by atoms with van der Waals surface area (Å²) in [6, 6.07) is 44.5. The highest BCUT2D eigenvalue weighted by atomic mass is 32.1. The average Bonchev–Trinajstić information content (AvgIpc) is 3.68. The summed E-state index contributed by atoms with van der Waals surface area (Å²) in [6.07, 6.45) is 0. The van der Waals surface area contributed by atoms with E-state index < -0.39 is 0 Å². The molecule has 0 unspecified atom stereocenters. The molecule has 9 rings (SSSR count). The molecular formula is C36H21NS2. The summed E-state index contributed by atoms with van der Waals surface area (Å²) in [5, 5.41) is 7.91. The smallest absolute Gasteiger partial charge is 0.0465 e. The van der Waals surface area contributed by atoms with Crippen LogP contribution in [0.25, 0.3) is 84.4 Å². The Morgan fingerprint density at radius 2 is 0.949 bits per heavy atom. The number of benzene rings is 6. The van der Waals surface area contributed by atoms with Gasteiger partial charge in [-0.15, -0.1) is 22.7 Å². The van der Waals surface area contributed by atoms with E-state index in [9.17, 15) is 0 Å². The molecule has 182 valence electrons. The van der Waals surface area contributed by atoms with Gasteiger partial charge in [0.05, 0.1) is 0 Å². The first-order valence-corrected chi connectivity index (χ1v) is 14.8. The zero-order valence-electron chi connectivity index (χ0n) is 20.9. The van der Waals surface area contributed by atoms with E-state index in [1.165, 1.54) is 84.4 Å². The molecule has 9 aromatic rings. The van der Waals surface area contributed by atoms with Crippen molar-refractivity contribution in [2.75, 3.05) is 0 Å². The standard InChI is InChI=1S/C36H21NS2/c1-3-16-31-23(8-1)30-20-21(18-19-32(30)37-31)22-10-5-12-26-28-14-7-15-29(36(28)39-34(22)26)27-13-6-11-25-24-9-2-4-17-33(24)38-35(25)27/h1-20,37H. The van der Waals surface area contributed by atoms with E-state index >= 15 is 0 Å². The summed E-state index contributed by atoms with van der Waals surface area (Å²) in [4.78, 5) is 3.57. The number of thiophene rings is 2. The molecule has 0 aliphatic carbocycles. The third-order valence-electron chi connectivity index (χ3n) is 8.04. The largest absolute Gasteiger partial charge is 0.355 e. The highest BCUT2D eigenvalue weighted by Crippen LogP contribution is 2.47. The van der Waals surface area contributed by atoms with Crippen LogP contribution in [0.15, 0.2) is 121 Å². The molecule has 0 radical (unpaired) electrons. The molecule has 0 fully saturated rings. The lowest BCUT2D eigenvalue weighted by Gasteiger charge is -2.05. The number of aromatic nitrogens is 1. The second kappa shape index (κ2) is 8.03. The van der Waals surface area contributed by atoms with Crippen LogP contribution in [0.5, 0.6) is 0 Å². The number of rotatable bonds is 2. The van der Waals surface area contributed by atoms with Crippen LogP contribution in [0.1, 0.15) is 0 Å². The summed E-state index contributed by atoms with van der Waals surface area (Å²) in [6.45, 7) is 0. The van der Waals surface area contributed by atoms with Gasteiger partial charge in [0.25, 0.3) is 0 Å². The zero-order valence-corrected chi connectivity index (χ0v) is 22.5. The Kier molecular flexibility index (Phi) is 4.43. The fraction of sp³-hybridized carbons (Fsp3) is 0. The lowest BCUT2D eigenvalue weighted by molar-refractivity contribution is 1.55. The monoisotopic (exact) mass is 531 g/mol. The van der Waals surface area contributed by atoms with Crippen LogP contribution < -0.4 is 0 Å². The van der Waals surface area contributed by atoms with E-state index in [2.05, 4.69) is 126 Å². The quantitative estimate of drug-likeness (QED) is 0.228. The zero-order chi connectivity index (χ0) is 25.5. The van der Waals surface area contributed by atoms with E-state index in [0.717, 1.165) is 0 Å². The minimum absolute atomic E-state index is 1.18. The summed E-state index contributed by atoms with van der Waals surface area (Å²) < 4.78 is 5.42. The lowest BCUT2D eigenvalue weighted by Crippen LogP contribution is -1.79. The Bertz CT molecular complexity index is 2400. The van der Waals surface area contributed by atoms with E-state index in [1.54, 1.807) is 0 Å². The molecule has 1 N–H and O–H groups in total. The molecule has 0 spiro atoms. The summed E-state index contributed by atoms with van der Waals surface area (Å²) >= 11 is 3.83. The normalized spacial score (nSPS) is 12.1. The summed E-state index contributed by atoms with van der Waals surface area (Å²) in [5.41, 5.74) is 7.58. The average molecular weight is 532 g/mol. The van der Waals surface area contributed by atoms with Gasteiger partial charge < -0.3 is 4.98 Å². The van der Waals surface area contributed by atoms with Crippen LogP contribution in [-0.4, -0.2) is 4.98 Å². The van der Waals surface area contributed by atoms with Crippen LogP contribution in [-0.2, 0) is 0 Å². The van der Waals surface area contributed by atoms with Gasteiger partial charge >= 0.3 is 0 Å².